The van der Waals surface area contributed by atoms with E-state index in [0.717, 1.165) is 83.2 Å². The summed E-state index contributed by atoms with van der Waals surface area (Å²) in [6.07, 6.45) is -2.93. The van der Waals surface area contributed by atoms with Gasteiger partial charge in [-0.15, -0.1) is 11.3 Å². The molecule has 19 heteroatoms. The van der Waals surface area contributed by atoms with Crippen molar-refractivity contribution < 1.29 is 42.2 Å². The predicted molar refractivity (Wildman–Crippen MR) is 285 cm³/mol. The van der Waals surface area contributed by atoms with E-state index in [9.17, 15) is 42.7 Å². The Morgan fingerprint density at radius 2 is 1.64 bits per heavy atom. The number of alkyl halides is 3. The van der Waals surface area contributed by atoms with Gasteiger partial charge in [-0.1, -0.05) is 57.2 Å². The number of β-amino-alcohol motifs (C(OH)–C–C–N with tert-alkyl or cyclic N) is 1. The molecule has 14 nitrogen and oxygen atoms in total. The van der Waals surface area contributed by atoms with Crippen LogP contribution in [0.3, 0.4) is 0 Å². The SMILES string of the molecule is Cc1ncsc1-c1ccc(CNC(=O)[C@@H]2C[C@@H](O)CN2C(=O)[C@@H](NC(=O)c2ccc(C3CCN(CCCOc4ccc(N5C(=S)N(c6ccc(C#N)c(C(F)(F)F)c6)C(=O)C5(C)C)cc4)CC3)cc2)C(C)(C)C)cc1. The highest BCUT2D eigenvalue weighted by atomic mass is 32.1. The summed E-state index contributed by atoms with van der Waals surface area (Å²) >= 11 is 7.24. The number of nitriles is 1. The number of thiazole rings is 1. The van der Waals surface area contributed by atoms with Gasteiger partial charge in [0.15, 0.2) is 5.11 Å². The third-order valence-electron chi connectivity index (χ3n) is 14.3. The van der Waals surface area contributed by atoms with Crippen LogP contribution in [-0.2, 0) is 27.1 Å². The van der Waals surface area contributed by atoms with E-state index in [0.29, 0.717) is 29.5 Å². The number of aliphatic hydroxyl groups excluding tert-OH is 1. The number of nitrogens with one attached hydrogen (secondary N) is 2. The highest BCUT2D eigenvalue weighted by Crippen LogP contribution is 2.40. The van der Waals surface area contributed by atoms with E-state index in [2.05, 4.69) is 20.5 Å². The first kappa shape index (κ1) is 54.5. The van der Waals surface area contributed by atoms with E-state index in [4.69, 9.17) is 17.0 Å². The Kier molecular flexibility index (Phi) is 16.2. The fourth-order valence-corrected chi connectivity index (χ4v) is 11.4. The molecule has 0 aliphatic carbocycles. The minimum absolute atomic E-state index is 0.0108. The second-order valence-corrected chi connectivity index (χ2v) is 22.2. The molecule has 5 aromatic rings. The van der Waals surface area contributed by atoms with Crippen molar-refractivity contribution in [1.29, 1.82) is 5.26 Å². The van der Waals surface area contributed by atoms with Crippen LogP contribution in [0.2, 0.25) is 0 Å². The largest absolute Gasteiger partial charge is 0.494 e. The number of aliphatic hydroxyl groups is 1. The van der Waals surface area contributed by atoms with Crippen LogP contribution in [0.5, 0.6) is 5.75 Å². The van der Waals surface area contributed by atoms with Crippen LogP contribution in [0.1, 0.15) is 105 Å². The quantitative estimate of drug-likeness (QED) is 0.0675. The molecular formula is C56H61F3N8O6S2. The van der Waals surface area contributed by atoms with Crippen molar-refractivity contribution in [3.05, 3.63) is 130 Å². The topological polar surface area (TPSA) is 171 Å². The number of anilines is 2. The first-order valence-electron chi connectivity index (χ1n) is 25.0. The number of hydrogen-bond acceptors (Lipinski definition) is 11. The first-order valence-corrected chi connectivity index (χ1v) is 26.3. The van der Waals surface area contributed by atoms with Gasteiger partial charge in [0.25, 0.3) is 11.8 Å². The number of hydrogen-bond donors (Lipinski definition) is 3. The molecular weight excluding hydrogens is 1000 g/mol. The molecule has 3 saturated heterocycles. The second kappa shape index (κ2) is 22.2. The van der Waals surface area contributed by atoms with Gasteiger partial charge in [-0.05, 0) is 148 Å². The third-order valence-corrected chi connectivity index (χ3v) is 15.6. The Morgan fingerprint density at radius 1 is 0.973 bits per heavy atom. The molecule has 4 amide bonds. The maximum absolute atomic E-state index is 14.2. The van der Waals surface area contributed by atoms with Crippen LogP contribution in [0, 0.1) is 23.7 Å². The lowest BCUT2D eigenvalue weighted by Gasteiger charge is -2.35. The van der Waals surface area contributed by atoms with Crippen molar-refractivity contribution in [2.45, 2.75) is 110 Å². The molecule has 3 aliphatic heterocycles. The Hall–Kier alpha value is -6.72. The Balaban J connectivity index is 0.785. The van der Waals surface area contributed by atoms with Gasteiger partial charge >= 0.3 is 6.18 Å². The fourth-order valence-electron chi connectivity index (χ4n) is 10.0. The maximum atomic E-state index is 14.2. The van der Waals surface area contributed by atoms with Gasteiger partial charge in [-0.3, -0.25) is 24.1 Å². The molecule has 1 aromatic heterocycles. The summed E-state index contributed by atoms with van der Waals surface area (Å²) in [6, 6.07) is 25.2. The highest BCUT2D eigenvalue weighted by Gasteiger charge is 2.51. The van der Waals surface area contributed by atoms with Crippen molar-refractivity contribution in [1.82, 2.24) is 25.4 Å². The van der Waals surface area contributed by atoms with Crippen LogP contribution >= 0.6 is 23.6 Å². The van der Waals surface area contributed by atoms with Gasteiger partial charge < -0.3 is 35.2 Å². The zero-order valence-corrected chi connectivity index (χ0v) is 44.4. The molecule has 8 rings (SSSR count). The van der Waals surface area contributed by atoms with E-state index in [-0.39, 0.29) is 36.2 Å². The van der Waals surface area contributed by atoms with Gasteiger partial charge in [0.2, 0.25) is 11.8 Å². The summed E-state index contributed by atoms with van der Waals surface area (Å²) in [7, 11) is 0. The van der Waals surface area contributed by atoms with E-state index in [1.54, 1.807) is 72.6 Å². The molecule has 0 saturated carbocycles. The van der Waals surface area contributed by atoms with Crippen LogP contribution < -0.4 is 25.2 Å². The second-order valence-electron chi connectivity index (χ2n) is 20.9. The number of nitrogens with zero attached hydrogens (tertiary/aromatic N) is 6. The minimum atomic E-state index is -4.80. The molecule has 4 heterocycles. The number of carbonyl (C=O) groups excluding carboxylic acids is 4. The lowest BCUT2D eigenvalue weighted by molar-refractivity contribution is -0.142. The molecule has 75 heavy (non-hydrogen) atoms. The number of rotatable bonds is 15. The number of benzene rings is 4. The van der Waals surface area contributed by atoms with Gasteiger partial charge in [-0.2, -0.15) is 18.4 Å². The summed E-state index contributed by atoms with van der Waals surface area (Å²) in [5.74, 6) is -0.788. The lowest BCUT2D eigenvalue weighted by Crippen LogP contribution is -2.57. The number of likely N-dealkylation sites (tertiary alicyclic amines) is 2. The fraction of sp³-hybridized carbons (Fsp3) is 0.411. The summed E-state index contributed by atoms with van der Waals surface area (Å²) in [5, 5.41) is 25.8. The number of halogens is 3. The Bertz CT molecular complexity index is 2960. The van der Waals surface area contributed by atoms with Gasteiger partial charge in [0, 0.05) is 37.3 Å². The van der Waals surface area contributed by atoms with Crippen molar-refractivity contribution >= 4 is 63.7 Å². The van der Waals surface area contributed by atoms with E-state index in [1.807, 2.05) is 69.6 Å². The number of ether oxygens (including phenoxy) is 1. The summed E-state index contributed by atoms with van der Waals surface area (Å²) in [6.45, 7) is 14.1. The molecule has 0 spiro atoms. The molecule has 0 unspecified atom stereocenters. The van der Waals surface area contributed by atoms with E-state index >= 15 is 0 Å². The summed E-state index contributed by atoms with van der Waals surface area (Å²) in [5.41, 5.74) is 3.11. The first-order chi connectivity index (χ1) is 35.5. The number of amides is 4. The maximum Gasteiger partial charge on any atom is 0.417 e. The standard InChI is InChI=1S/C56H61F3N8O6S2/c1-34-47(75-33-62-34)38-10-8-35(9-11-38)31-61-50(70)46-29-43(68)32-65(46)51(71)48(54(2,3)4)63-49(69)39-14-12-36(13-15-39)37-22-25-64(26-23-37)24-7-27-73-44-20-18-41(19-21-44)67-53(74)66(52(72)55(67,5)6)42-17-16-40(30-60)45(28-42)56(57,58)59/h8-21,28,33,37,43,46,48,68H,7,22-27,29,31-32H2,1-6H3,(H,61,70)(H,63,69)/t43-,46+,48-/m1/s1. The van der Waals surface area contributed by atoms with Crippen molar-refractivity contribution in [3.8, 4) is 22.3 Å². The number of aromatic nitrogens is 1. The normalized spacial score (nSPS) is 18.8. The molecule has 3 N–H and O–H groups in total. The van der Waals surface area contributed by atoms with Gasteiger partial charge in [0.1, 0.15) is 23.4 Å². The lowest BCUT2D eigenvalue weighted by atomic mass is 9.85. The average molecular weight is 1060 g/mol. The van der Waals surface area contributed by atoms with Gasteiger partial charge in [-0.25, -0.2) is 4.98 Å². The van der Waals surface area contributed by atoms with E-state index in [1.165, 1.54) is 11.0 Å². The predicted octanol–water partition coefficient (Wildman–Crippen LogP) is 9.00. The van der Waals surface area contributed by atoms with E-state index < -0.39 is 64.2 Å². The highest BCUT2D eigenvalue weighted by molar-refractivity contribution is 7.81. The van der Waals surface area contributed by atoms with Crippen LogP contribution in [0.15, 0.2) is 96.5 Å². The van der Waals surface area contributed by atoms with Crippen LogP contribution in [0.4, 0.5) is 24.5 Å². The number of aryl methyl sites for hydroxylation is 1. The summed E-state index contributed by atoms with van der Waals surface area (Å²) in [4.78, 5) is 67.1. The van der Waals surface area contributed by atoms with Crippen molar-refractivity contribution in [3.63, 3.8) is 0 Å². The monoisotopic (exact) mass is 1060 g/mol. The Labute approximate surface area is 444 Å². The van der Waals surface area contributed by atoms with Crippen molar-refractivity contribution in [2.24, 2.45) is 5.41 Å². The molecule has 394 valence electrons. The van der Waals surface area contributed by atoms with Gasteiger partial charge in [0.05, 0.1) is 51.7 Å². The van der Waals surface area contributed by atoms with Crippen LogP contribution in [0.25, 0.3) is 10.4 Å². The van der Waals surface area contributed by atoms with Crippen LogP contribution in [-0.4, -0.2) is 105 Å². The molecule has 3 atom stereocenters. The molecule has 4 aromatic carbocycles. The smallest absolute Gasteiger partial charge is 0.417 e. The minimum Gasteiger partial charge on any atom is -0.494 e. The zero-order chi connectivity index (χ0) is 54.0. The number of thiocarbonyl (C=S) groups is 1. The number of carbonyl (C=O) groups is 4. The molecule has 3 aliphatic rings. The average Bonchev–Trinajstić information content (AvgIpc) is 4.05. The Morgan fingerprint density at radius 3 is 2.25 bits per heavy atom. The molecule has 0 radical (unpaired) electrons. The number of piperidine rings is 1. The van der Waals surface area contributed by atoms with Crippen molar-refractivity contribution in [2.75, 3.05) is 42.6 Å². The summed E-state index contributed by atoms with van der Waals surface area (Å²) < 4.78 is 47.4. The molecule has 3 fully saturated rings. The zero-order valence-electron chi connectivity index (χ0n) is 42.7. The molecule has 0 bridgehead atoms. The third kappa shape index (κ3) is 12.0.